The van der Waals surface area contributed by atoms with Crippen molar-refractivity contribution >= 4 is 11.9 Å². The molecule has 1 fully saturated rings. The average molecular weight is 264 g/mol. The van der Waals surface area contributed by atoms with Gasteiger partial charge in [0.1, 0.15) is 5.69 Å². The molecule has 6 nitrogen and oxygen atoms in total. The first-order valence-electron chi connectivity index (χ1n) is 6.14. The molecule has 1 amide bonds. The molecule has 0 saturated carbocycles. The Kier molecular flexibility index (Phi) is 4.11. The summed E-state index contributed by atoms with van der Waals surface area (Å²) in [6, 6.07) is 2.81. The topological polar surface area (TPSA) is 79.7 Å². The Bertz CT molecular complexity index is 466. The zero-order chi connectivity index (χ0) is 13.8. The van der Waals surface area contributed by atoms with Gasteiger partial charge >= 0.3 is 5.97 Å². The van der Waals surface area contributed by atoms with E-state index in [1.807, 2.05) is 0 Å². The fourth-order valence-corrected chi connectivity index (χ4v) is 2.04. The highest BCUT2D eigenvalue weighted by Gasteiger charge is 2.21. The van der Waals surface area contributed by atoms with Crippen molar-refractivity contribution in [2.75, 3.05) is 20.2 Å². The molecule has 0 bridgehead atoms. The van der Waals surface area contributed by atoms with Crippen molar-refractivity contribution in [2.24, 2.45) is 0 Å². The fourth-order valence-electron chi connectivity index (χ4n) is 2.04. The Morgan fingerprint density at radius 1 is 1.53 bits per heavy atom. The molecule has 1 aliphatic heterocycles. The number of pyridine rings is 1. The number of hydrogen-bond donors (Lipinski definition) is 1. The lowest BCUT2D eigenvalue weighted by Gasteiger charge is -2.20. The van der Waals surface area contributed by atoms with Gasteiger partial charge in [0.2, 0.25) is 0 Å². The molecule has 0 aliphatic carbocycles. The number of carboxylic acid groups (broad SMARTS) is 1. The second-order valence-corrected chi connectivity index (χ2v) is 4.56. The maximum atomic E-state index is 12.1. The minimum absolute atomic E-state index is 0.0710. The van der Waals surface area contributed by atoms with Crippen LogP contribution in [0.2, 0.25) is 0 Å². The maximum Gasteiger partial charge on any atom is 0.354 e. The van der Waals surface area contributed by atoms with Crippen molar-refractivity contribution in [1.82, 2.24) is 9.88 Å². The third-order valence-corrected chi connectivity index (χ3v) is 3.08. The summed E-state index contributed by atoms with van der Waals surface area (Å²) in [5.74, 6) is -1.29. The van der Waals surface area contributed by atoms with Gasteiger partial charge in [-0.1, -0.05) is 0 Å². The fraction of sp³-hybridized carbons (Fsp3) is 0.462. The van der Waals surface area contributed by atoms with Gasteiger partial charge in [0, 0.05) is 26.4 Å². The van der Waals surface area contributed by atoms with Crippen LogP contribution in [0, 0.1) is 0 Å². The van der Waals surface area contributed by atoms with Crippen molar-refractivity contribution in [3.63, 3.8) is 0 Å². The third-order valence-electron chi connectivity index (χ3n) is 3.08. The molecular weight excluding hydrogens is 248 g/mol. The zero-order valence-electron chi connectivity index (χ0n) is 10.7. The van der Waals surface area contributed by atoms with Crippen molar-refractivity contribution in [2.45, 2.75) is 18.9 Å². The van der Waals surface area contributed by atoms with Gasteiger partial charge < -0.3 is 14.7 Å². The van der Waals surface area contributed by atoms with Gasteiger partial charge in [-0.25, -0.2) is 9.78 Å². The summed E-state index contributed by atoms with van der Waals surface area (Å²) >= 11 is 0. The molecule has 1 aromatic heterocycles. The highest BCUT2D eigenvalue weighted by Crippen LogP contribution is 2.14. The second-order valence-electron chi connectivity index (χ2n) is 4.56. The number of nitrogens with zero attached hydrogens (tertiary/aromatic N) is 2. The summed E-state index contributed by atoms with van der Waals surface area (Å²) in [5, 5.41) is 8.74. The first-order chi connectivity index (χ1) is 9.08. The smallest absolute Gasteiger partial charge is 0.354 e. The van der Waals surface area contributed by atoms with E-state index in [1.165, 1.54) is 18.3 Å². The first kappa shape index (κ1) is 13.5. The summed E-state index contributed by atoms with van der Waals surface area (Å²) in [4.78, 5) is 28.1. The molecule has 0 radical (unpaired) electrons. The number of ether oxygens (including phenoxy) is 1. The molecule has 1 atom stereocenters. The van der Waals surface area contributed by atoms with E-state index in [2.05, 4.69) is 4.98 Å². The number of aromatic carboxylic acids is 1. The molecule has 2 rings (SSSR count). The molecular formula is C13H16N2O4. The normalized spacial score (nSPS) is 18.3. The minimum atomic E-state index is -1.10. The van der Waals surface area contributed by atoms with Crippen LogP contribution in [0.4, 0.5) is 0 Å². The van der Waals surface area contributed by atoms with Crippen LogP contribution in [0.15, 0.2) is 18.3 Å². The molecule has 0 unspecified atom stereocenters. The monoisotopic (exact) mass is 264 g/mol. The molecule has 102 valence electrons. The third kappa shape index (κ3) is 3.29. The molecule has 1 N–H and O–H groups in total. The van der Waals surface area contributed by atoms with Crippen molar-refractivity contribution in [1.29, 1.82) is 0 Å². The number of amides is 1. The van der Waals surface area contributed by atoms with E-state index in [9.17, 15) is 9.59 Å². The van der Waals surface area contributed by atoms with Crippen molar-refractivity contribution < 1.29 is 19.4 Å². The van der Waals surface area contributed by atoms with Gasteiger partial charge in [-0.05, 0) is 25.0 Å². The van der Waals surface area contributed by atoms with E-state index in [-0.39, 0.29) is 17.7 Å². The van der Waals surface area contributed by atoms with E-state index in [0.29, 0.717) is 12.1 Å². The van der Waals surface area contributed by atoms with Crippen LogP contribution in [0.3, 0.4) is 0 Å². The summed E-state index contributed by atoms with van der Waals surface area (Å²) in [6.07, 6.45) is 3.38. The van der Waals surface area contributed by atoms with Crippen LogP contribution in [-0.2, 0) is 4.74 Å². The highest BCUT2D eigenvalue weighted by atomic mass is 16.5. The number of aromatic nitrogens is 1. The predicted molar refractivity (Wildman–Crippen MR) is 67.1 cm³/mol. The lowest BCUT2D eigenvalue weighted by atomic mass is 10.2. The molecule has 6 heteroatoms. The molecule has 1 aromatic rings. The summed E-state index contributed by atoms with van der Waals surface area (Å²) < 4.78 is 5.47. The molecule has 19 heavy (non-hydrogen) atoms. The van der Waals surface area contributed by atoms with E-state index in [0.717, 1.165) is 19.4 Å². The Balaban J connectivity index is 1.99. The first-order valence-corrected chi connectivity index (χ1v) is 6.14. The Morgan fingerprint density at radius 3 is 2.84 bits per heavy atom. The molecule has 2 heterocycles. The second kappa shape index (κ2) is 5.79. The number of carboxylic acids is 1. The number of carbonyl (C=O) groups excluding carboxylic acids is 1. The Hall–Kier alpha value is -1.95. The Morgan fingerprint density at radius 2 is 2.32 bits per heavy atom. The maximum absolute atomic E-state index is 12.1. The van der Waals surface area contributed by atoms with Crippen LogP contribution < -0.4 is 0 Å². The number of likely N-dealkylation sites (N-methyl/N-ethyl adjacent to an activating group) is 1. The average Bonchev–Trinajstić information content (AvgIpc) is 2.90. The van der Waals surface area contributed by atoms with Crippen LogP contribution in [0.5, 0.6) is 0 Å². The predicted octanol–water partition coefficient (Wildman–Crippen LogP) is 1.03. The minimum Gasteiger partial charge on any atom is -0.477 e. The van der Waals surface area contributed by atoms with Gasteiger partial charge in [-0.15, -0.1) is 0 Å². The van der Waals surface area contributed by atoms with Gasteiger partial charge in [0.05, 0.1) is 11.7 Å². The van der Waals surface area contributed by atoms with Gasteiger partial charge in [0.25, 0.3) is 5.91 Å². The quantitative estimate of drug-likeness (QED) is 0.878. The SMILES string of the molecule is CN(C[C@@H]1CCCO1)C(=O)c1ccc(C(=O)O)nc1. The summed E-state index contributed by atoms with van der Waals surface area (Å²) in [7, 11) is 1.70. The van der Waals surface area contributed by atoms with E-state index in [4.69, 9.17) is 9.84 Å². The number of hydrogen-bond acceptors (Lipinski definition) is 4. The van der Waals surface area contributed by atoms with Crippen LogP contribution in [-0.4, -0.2) is 53.2 Å². The Labute approximate surface area is 111 Å². The lowest BCUT2D eigenvalue weighted by Crippen LogP contribution is -2.34. The molecule has 0 aromatic carbocycles. The molecule has 1 aliphatic rings. The van der Waals surface area contributed by atoms with E-state index < -0.39 is 5.97 Å². The molecule has 0 spiro atoms. The zero-order valence-corrected chi connectivity index (χ0v) is 10.7. The summed E-state index contributed by atoms with van der Waals surface area (Å²) in [6.45, 7) is 1.29. The number of rotatable bonds is 4. The largest absolute Gasteiger partial charge is 0.477 e. The van der Waals surface area contributed by atoms with E-state index >= 15 is 0 Å². The van der Waals surface area contributed by atoms with E-state index in [1.54, 1.807) is 11.9 Å². The van der Waals surface area contributed by atoms with Crippen LogP contribution in [0.1, 0.15) is 33.7 Å². The van der Waals surface area contributed by atoms with Crippen LogP contribution in [0.25, 0.3) is 0 Å². The molecule has 1 saturated heterocycles. The number of carbonyl (C=O) groups is 2. The van der Waals surface area contributed by atoms with Gasteiger partial charge in [-0.3, -0.25) is 4.79 Å². The van der Waals surface area contributed by atoms with Gasteiger partial charge in [-0.2, -0.15) is 0 Å². The van der Waals surface area contributed by atoms with Crippen LogP contribution >= 0.6 is 0 Å². The summed E-state index contributed by atoms with van der Waals surface area (Å²) in [5.41, 5.74) is 0.309. The van der Waals surface area contributed by atoms with Crippen molar-refractivity contribution in [3.05, 3.63) is 29.6 Å². The lowest BCUT2D eigenvalue weighted by molar-refractivity contribution is 0.0586. The van der Waals surface area contributed by atoms with Gasteiger partial charge in [0.15, 0.2) is 0 Å². The van der Waals surface area contributed by atoms with Crippen molar-refractivity contribution in [3.8, 4) is 0 Å². The highest BCUT2D eigenvalue weighted by molar-refractivity contribution is 5.94. The standard InChI is InChI=1S/C13H16N2O4/c1-15(8-10-3-2-6-19-10)12(16)9-4-5-11(13(17)18)14-7-9/h4-5,7,10H,2-3,6,8H2,1H3,(H,17,18)/t10-/m0/s1.